The zero-order valence-electron chi connectivity index (χ0n) is 5.30. The van der Waals surface area contributed by atoms with E-state index >= 15 is 0 Å². The van der Waals surface area contributed by atoms with Gasteiger partial charge in [0, 0.05) is 5.56 Å². The molecule has 58 valence electrons. The average molecular weight is 157 g/mol. The monoisotopic (exact) mass is 157 g/mol. The molecule has 0 aliphatic heterocycles. The third-order valence-corrected chi connectivity index (χ3v) is 1.15. The maximum Gasteiger partial charge on any atom is 0.132 e. The summed E-state index contributed by atoms with van der Waals surface area (Å²) in [6.45, 7) is 0. The lowest BCUT2D eigenvalue weighted by molar-refractivity contribution is -0.255. The number of carbonyl (C=O) groups is 1. The van der Waals surface area contributed by atoms with E-state index in [9.17, 15) is 18.7 Å². The van der Waals surface area contributed by atoms with Crippen molar-refractivity contribution in [2.24, 2.45) is 0 Å². The van der Waals surface area contributed by atoms with Crippen molar-refractivity contribution >= 4 is 5.97 Å². The van der Waals surface area contributed by atoms with Crippen LogP contribution in [0, 0.1) is 11.6 Å². The van der Waals surface area contributed by atoms with Gasteiger partial charge in [0.05, 0.1) is 5.97 Å². The molecule has 0 aliphatic carbocycles. The smallest absolute Gasteiger partial charge is 0.132 e. The summed E-state index contributed by atoms with van der Waals surface area (Å²) in [6.07, 6.45) is 0. The van der Waals surface area contributed by atoms with Crippen LogP contribution in [0.25, 0.3) is 0 Å². The molecule has 0 heterocycles. The number of aromatic carboxylic acids is 1. The second kappa shape index (κ2) is 2.65. The van der Waals surface area contributed by atoms with E-state index < -0.39 is 23.2 Å². The first-order valence-electron chi connectivity index (χ1n) is 2.77. The van der Waals surface area contributed by atoms with Crippen LogP contribution in [0.3, 0.4) is 0 Å². The van der Waals surface area contributed by atoms with Crippen LogP contribution in [0.4, 0.5) is 8.78 Å². The lowest BCUT2D eigenvalue weighted by atomic mass is 10.2. The molecule has 0 N–H and O–H groups in total. The number of benzene rings is 1. The summed E-state index contributed by atoms with van der Waals surface area (Å²) >= 11 is 0. The molecule has 0 atom stereocenters. The highest BCUT2D eigenvalue weighted by Crippen LogP contribution is 2.07. The van der Waals surface area contributed by atoms with Crippen molar-refractivity contribution in [1.82, 2.24) is 0 Å². The van der Waals surface area contributed by atoms with E-state index in [2.05, 4.69) is 0 Å². The summed E-state index contributed by atoms with van der Waals surface area (Å²) in [5.41, 5.74) is -0.759. The van der Waals surface area contributed by atoms with Crippen LogP contribution in [-0.2, 0) is 0 Å². The molecule has 1 aromatic carbocycles. The van der Waals surface area contributed by atoms with Gasteiger partial charge in [0.1, 0.15) is 11.6 Å². The van der Waals surface area contributed by atoms with Gasteiger partial charge in [-0.05, 0) is 18.2 Å². The van der Waals surface area contributed by atoms with E-state index in [1.165, 1.54) is 0 Å². The van der Waals surface area contributed by atoms with Crippen LogP contribution in [-0.4, -0.2) is 5.97 Å². The molecule has 0 spiro atoms. The first-order valence-corrected chi connectivity index (χ1v) is 2.77. The highest BCUT2D eigenvalue weighted by atomic mass is 19.1. The number of rotatable bonds is 1. The Labute approximate surface area is 61.1 Å². The van der Waals surface area contributed by atoms with E-state index in [1.54, 1.807) is 0 Å². The number of hydrogen-bond donors (Lipinski definition) is 0. The lowest BCUT2D eigenvalue weighted by Gasteiger charge is -2.02. The van der Waals surface area contributed by atoms with Crippen LogP contribution >= 0.6 is 0 Å². The van der Waals surface area contributed by atoms with Crippen molar-refractivity contribution in [2.75, 3.05) is 0 Å². The average Bonchev–Trinajstić information content (AvgIpc) is 1.94. The van der Waals surface area contributed by atoms with Gasteiger partial charge in [-0.25, -0.2) is 8.78 Å². The van der Waals surface area contributed by atoms with Crippen molar-refractivity contribution in [3.8, 4) is 0 Å². The fourth-order valence-electron chi connectivity index (χ4n) is 0.654. The highest BCUT2D eigenvalue weighted by molar-refractivity contribution is 5.85. The van der Waals surface area contributed by atoms with E-state index in [-0.39, 0.29) is 0 Å². The minimum Gasteiger partial charge on any atom is -0.545 e. The molecule has 2 nitrogen and oxygen atoms in total. The molecule has 0 bridgehead atoms. The Hall–Kier alpha value is -1.45. The van der Waals surface area contributed by atoms with E-state index in [0.29, 0.717) is 6.07 Å². The van der Waals surface area contributed by atoms with Gasteiger partial charge >= 0.3 is 0 Å². The quantitative estimate of drug-likeness (QED) is 0.589. The van der Waals surface area contributed by atoms with Crippen molar-refractivity contribution in [3.05, 3.63) is 35.4 Å². The van der Waals surface area contributed by atoms with Gasteiger partial charge < -0.3 is 9.90 Å². The third kappa shape index (κ3) is 1.52. The number of carboxylic acids is 1. The number of carboxylic acid groups (broad SMARTS) is 1. The van der Waals surface area contributed by atoms with Crippen molar-refractivity contribution < 1.29 is 18.7 Å². The zero-order valence-corrected chi connectivity index (χ0v) is 5.30. The molecular weight excluding hydrogens is 154 g/mol. The summed E-state index contributed by atoms with van der Waals surface area (Å²) in [7, 11) is 0. The topological polar surface area (TPSA) is 40.1 Å². The molecule has 0 saturated carbocycles. The Morgan fingerprint density at radius 1 is 1.36 bits per heavy atom. The standard InChI is InChI=1S/C7H4F2O2/c8-4-1-2-6(9)5(3-4)7(10)11/h1-3H,(H,10,11)/p-1. The van der Waals surface area contributed by atoms with Gasteiger partial charge in [-0.3, -0.25) is 0 Å². The van der Waals surface area contributed by atoms with Gasteiger partial charge in [-0.15, -0.1) is 0 Å². The van der Waals surface area contributed by atoms with Crippen LogP contribution in [0.5, 0.6) is 0 Å². The summed E-state index contributed by atoms with van der Waals surface area (Å²) < 4.78 is 24.7. The van der Waals surface area contributed by atoms with Crippen molar-refractivity contribution in [2.45, 2.75) is 0 Å². The predicted molar refractivity (Wildman–Crippen MR) is 30.7 cm³/mol. The van der Waals surface area contributed by atoms with Gasteiger partial charge in [0.25, 0.3) is 0 Å². The molecule has 0 aromatic heterocycles. The maximum atomic E-state index is 12.4. The molecule has 1 rings (SSSR count). The fourth-order valence-corrected chi connectivity index (χ4v) is 0.654. The Bertz CT molecular complexity index is 296. The predicted octanol–water partition coefficient (Wildman–Crippen LogP) is 0.328. The Balaban J connectivity index is 3.23. The molecule has 0 aliphatic rings. The molecule has 1 aromatic rings. The Kier molecular flexibility index (Phi) is 1.85. The molecule has 11 heavy (non-hydrogen) atoms. The summed E-state index contributed by atoms with van der Waals surface area (Å²) in [6, 6.07) is 2.15. The van der Waals surface area contributed by atoms with Crippen LogP contribution < -0.4 is 5.11 Å². The van der Waals surface area contributed by atoms with E-state index in [0.717, 1.165) is 12.1 Å². The first kappa shape index (κ1) is 7.65. The van der Waals surface area contributed by atoms with Gasteiger partial charge in [0.15, 0.2) is 0 Å². The molecule has 0 amide bonds. The number of hydrogen-bond acceptors (Lipinski definition) is 2. The normalized spacial score (nSPS) is 9.64. The Morgan fingerprint density at radius 2 is 2.00 bits per heavy atom. The lowest BCUT2D eigenvalue weighted by Crippen LogP contribution is -2.23. The Morgan fingerprint density at radius 3 is 2.45 bits per heavy atom. The van der Waals surface area contributed by atoms with Crippen LogP contribution in [0.1, 0.15) is 10.4 Å². The summed E-state index contributed by atoms with van der Waals surface area (Å²) in [4.78, 5) is 10.1. The van der Waals surface area contributed by atoms with Crippen molar-refractivity contribution in [3.63, 3.8) is 0 Å². The van der Waals surface area contributed by atoms with Gasteiger partial charge in [0.2, 0.25) is 0 Å². The minimum atomic E-state index is -1.72. The summed E-state index contributed by atoms with van der Waals surface area (Å²) in [5.74, 6) is -3.51. The molecule has 0 radical (unpaired) electrons. The number of carbonyl (C=O) groups excluding carboxylic acids is 1. The van der Waals surface area contributed by atoms with Crippen LogP contribution in [0.2, 0.25) is 0 Å². The SMILES string of the molecule is O=C([O-])c1cc(F)ccc1F. The zero-order chi connectivity index (χ0) is 8.43. The third-order valence-electron chi connectivity index (χ3n) is 1.15. The van der Waals surface area contributed by atoms with Crippen molar-refractivity contribution in [1.29, 1.82) is 0 Å². The minimum absolute atomic E-state index is 0.574. The molecule has 4 heteroatoms. The maximum absolute atomic E-state index is 12.4. The molecule has 0 fully saturated rings. The number of halogens is 2. The largest absolute Gasteiger partial charge is 0.545 e. The highest BCUT2D eigenvalue weighted by Gasteiger charge is 2.03. The van der Waals surface area contributed by atoms with Gasteiger partial charge in [-0.2, -0.15) is 0 Å². The molecule has 0 unspecified atom stereocenters. The van der Waals surface area contributed by atoms with E-state index in [1.807, 2.05) is 0 Å². The summed E-state index contributed by atoms with van der Waals surface area (Å²) in [5, 5.41) is 10.1. The van der Waals surface area contributed by atoms with Crippen LogP contribution in [0.15, 0.2) is 18.2 Å². The molecular formula is C7H3F2O2-. The second-order valence-corrected chi connectivity index (χ2v) is 1.91. The first-order chi connectivity index (χ1) is 5.11. The van der Waals surface area contributed by atoms with E-state index in [4.69, 9.17) is 0 Å². The fraction of sp³-hybridized carbons (Fsp3) is 0. The molecule has 0 saturated heterocycles. The second-order valence-electron chi connectivity index (χ2n) is 1.91. The van der Waals surface area contributed by atoms with Gasteiger partial charge in [-0.1, -0.05) is 0 Å².